The highest BCUT2D eigenvalue weighted by atomic mass is 16.4. The van der Waals surface area contributed by atoms with E-state index in [4.69, 9.17) is 5.11 Å². The monoisotopic (exact) mass is 205 g/mol. The third kappa shape index (κ3) is 1.96. The van der Waals surface area contributed by atoms with Gasteiger partial charge in [0.2, 0.25) is 0 Å². The van der Waals surface area contributed by atoms with Crippen LogP contribution in [-0.4, -0.2) is 24.2 Å². The molecule has 2 rings (SSSR count). The van der Waals surface area contributed by atoms with Gasteiger partial charge in [-0.1, -0.05) is 6.07 Å². The molecule has 1 N–H and O–H groups in total. The zero-order valence-electron chi connectivity index (χ0n) is 8.86. The third-order valence-electron chi connectivity index (χ3n) is 2.90. The number of hydrogen-bond donors (Lipinski definition) is 1. The van der Waals surface area contributed by atoms with E-state index in [2.05, 4.69) is 4.90 Å². The van der Waals surface area contributed by atoms with E-state index < -0.39 is 5.97 Å². The van der Waals surface area contributed by atoms with Crippen molar-refractivity contribution in [3.63, 3.8) is 0 Å². The maximum atomic E-state index is 10.9. The van der Waals surface area contributed by atoms with Gasteiger partial charge in [-0.25, -0.2) is 4.79 Å². The van der Waals surface area contributed by atoms with Crippen molar-refractivity contribution in [1.29, 1.82) is 0 Å². The number of aromatic carboxylic acids is 1. The number of aryl methyl sites for hydroxylation is 1. The summed E-state index contributed by atoms with van der Waals surface area (Å²) in [5, 5.41) is 8.92. The second-order valence-electron chi connectivity index (χ2n) is 4.00. The van der Waals surface area contributed by atoms with Gasteiger partial charge < -0.3 is 10.0 Å². The van der Waals surface area contributed by atoms with Crippen LogP contribution in [0.5, 0.6) is 0 Å². The maximum absolute atomic E-state index is 10.9. The van der Waals surface area contributed by atoms with E-state index in [0.717, 1.165) is 24.3 Å². The van der Waals surface area contributed by atoms with Crippen molar-refractivity contribution < 1.29 is 9.90 Å². The number of anilines is 1. The van der Waals surface area contributed by atoms with Gasteiger partial charge in [-0.3, -0.25) is 0 Å². The Morgan fingerprint density at radius 3 is 2.60 bits per heavy atom. The summed E-state index contributed by atoms with van der Waals surface area (Å²) in [6, 6.07) is 5.33. The van der Waals surface area contributed by atoms with Crippen LogP contribution in [0.1, 0.15) is 28.8 Å². The molecule has 1 aromatic carbocycles. The van der Waals surface area contributed by atoms with Gasteiger partial charge in [-0.15, -0.1) is 0 Å². The average molecular weight is 205 g/mol. The molecule has 1 fully saturated rings. The number of carboxylic acids is 1. The summed E-state index contributed by atoms with van der Waals surface area (Å²) in [7, 11) is 0. The Hall–Kier alpha value is -1.51. The first-order valence-electron chi connectivity index (χ1n) is 5.27. The highest BCUT2D eigenvalue weighted by molar-refractivity contribution is 5.89. The van der Waals surface area contributed by atoms with Gasteiger partial charge in [0.15, 0.2) is 0 Å². The molecule has 1 aliphatic heterocycles. The standard InChI is InChI=1S/C12H15NO2/c1-9-4-5-10(12(14)15)8-11(9)13-6-2-3-7-13/h4-5,8H,2-3,6-7H2,1H3,(H,14,15). The van der Waals surface area contributed by atoms with E-state index >= 15 is 0 Å². The molecule has 0 radical (unpaired) electrons. The van der Waals surface area contributed by atoms with Crippen molar-refractivity contribution in [1.82, 2.24) is 0 Å². The number of carbonyl (C=O) groups is 1. The molecule has 0 amide bonds. The Morgan fingerprint density at radius 1 is 1.33 bits per heavy atom. The molecule has 1 heterocycles. The molecule has 80 valence electrons. The summed E-state index contributed by atoms with van der Waals surface area (Å²) in [6.45, 7) is 4.12. The van der Waals surface area contributed by atoms with Crippen molar-refractivity contribution in [3.8, 4) is 0 Å². The molecule has 3 heteroatoms. The van der Waals surface area contributed by atoms with E-state index in [-0.39, 0.29) is 0 Å². The van der Waals surface area contributed by atoms with Crippen LogP contribution in [0.25, 0.3) is 0 Å². The maximum Gasteiger partial charge on any atom is 0.335 e. The SMILES string of the molecule is Cc1ccc(C(=O)O)cc1N1CCCC1. The summed E-state index contributed by atoms with van der Waals surface area (Å²) >= 11 is 0. The van der Waals surface area contributed by atoms with Gasteiger partial charge in [0.05, 0.1) is 5.56 Å². The smallest absolute Gasteiger partial charge is 0.335 e. The van der Waals surface area contributed by atoms with E-state index in [9.17, 15) is 4.79 Å². The topological polar surface area (TPSA) is 40.5 Å². The highest BCUT2D eigenvalue weighted by Gasteiger charge is 2.15. The Labute approximate surface area is 89.3 Å². The number of rotatable bonds is 2. The molecule has 0 saturated carbocycles. The van der Waals surface area contributed by atoms with Gasteiger partial charge >= 0.3 is 5.97 Å². The van der Waals surface area contributed by atoms with Crippen LogP contribution in [0.2, 0.25) is 0 Å². The molecule has 3 nitrogen and oxygen atoms in total. The molecule has 1 aliphatic rings. The minimum Gasteiger partial charge on any atom is -0.478 e. The van der Waals surface area contributed by atoms with E-state index in [1.165, 1.54) is 12.8 Å². The Bertz CT molecular complexity index is 381. The minimum absolute atomic E-state index is 0.377. The van der Waals surface area contributed by atoms with Crippen molar-refractivity contribution in [2.24, 2.45) is 0 Å². The summed E-state index contributed by atoms with van der Waals surface area (Å²) in [6.07, 6.45) is 2.41. The van der Waals surface area contributed by atoms with E-state index in [1.807, 2.05) is 13.0 Å². The van der Waals surface area contributed by atoms with Gasteiger partial charge in [-0.05, 0) is 37.5 Å². The summed E-state index contributed by atoms with van der Waals surface area (Å²) in [5.41, 5.74) is 2.61. The largest absolute Gasteiger partial charge is 0.478 e. The number of carboxylic acid groups (broad SMARTS) is 1. The fraction of sp³-hybridized carbons (Fsp3) is 0.417. The Kier molecular flexibility index (Phi) is 2.62. The van der Waals surface area contributed by atoms with Crippen LogP contribution in [-0.2, 0) is 0 Å². The molecule has 0 spiro atoms. The lowest BCUT2D eigenvalue weighted by molar-refractivity contribution is 0.0697. The number of benzene rings is 1. The van der Waals surface area contributed by atoms with Crippen LogP contribution in [0.15, 0.2) is 18.2 Å². The number of nitrogens with zero attached hydrogens (tertiary/aromatic N) is 1. The molecule has 0 aliphatic carbocycles. The summed E-state index contributed by atoms with van der Waals surface area (Å²) < 4.78 is 0. The molecule has 0 unspecified atom stereocenters. The fourth-order valence-electron chi connectivity index (χ4n) is 2.04. The van der Waals surface area contributed by atoms with Crippen LogP contribution in [0, 0.1) is 6.92 Å². The second-order valence-corrected chi connectivity index (χ2v) is 4.00. The highest BCUT2D eigenvalue weighted by Crippen LogP contribution is 2.25. The average Bonchev–Trinajstić information content (AvgIpc) is 2.71. The molecule has 1 saturated heterocycles. The van der Waals surface area contributed by atoms with Crippen molar-refractivity contribution in [3.05, 3.63) is 29.3 Å². The molecule has 0 atom stereocenters. The minimum atomic E-state index is -0.851. The van der Waals surface area contributed by atoms with Gasteiger partial charge in [0.1, 0.15) is 0 Å². The molecular weight excluding hydrogens is 190 g/mol. The molecule has 1 aromatic rings. The predicted molar refractivity (Wildman–Crippen MR) is 59.6 cm³/mol. The van der Waals surface area contributed by atoms with Crippen LogP contribution in [0.4, 0.5) is 5.69 Å². The fourth-order valence-corrected chi connectivity index (χ4v) is 2.04. The number of hydrogen-bond acceptors (Lipinski definition) is 2. The Morgan fingerprint density at radius 2 is 2.00 bits per heavy atom. The predicted octanol–water partition coefficient (Wildman–Crippen LogP) is 2.29. The van der Waals surface area contributed by atoms with Crippen molar-refractivity contribution in [2.75, 3.05) is 18.0 Å². The van der Waals surface area contributed by atoms with Crippen molar-refractivity contribution >= 4 is 11.7 Å². The molecule has 0 aromatic heterocycles. The lowest BCUT2D eigenvalue weighted by Crippen LogP contribution is -2.19. The lowest BCUT2D eigenvalue weighted by Gasteiger charge is -2.20. The summed E-state index contributed by atoms with van der Waals surface area (Å²) in [4.78, 5) is 13.1. The zero-order valence-corrected chi connectivity index (χ0v) is 8.86. The first-order valence-corrected chi connectivity index (χ1v) is 5.27. The third-order valence-corrected chi connectivity index (χ3v) is 2.90. The van der Waals surface area contributed by atoms with Crippen LogP contribution >= 0.6 is 0 Å². The van der Waals surface area contributed by atoms with Crippen LogP contribution < -0.4 is 4.90 Å². The first-order chi connectivity index (χ1) is 7.18. The molecule has 15 heavy (non-hydrogen) atoms. The van der Waals surface area contributed by atoms with Gasteiger partial charge in [-0.2, -0.15) is 0 Å². The quantitative estimate of drug-likeness (QED) is 0.805. The van der Waals surface area contributed by atoms with Crippen molar-refractivity contribution in [2.45, 2.75) is 19.8 Å². The zero-order chi connectivity index (χ0) is 10.8. The second kappa shape index (κ2) is 3.93. The van der Waals surface area contributed by atoms with E-state index in [0.29, 0.717) is 5.56 Å². The normalized spacial score (nSPS) is 15.7. The lowest BCUT2D eigenvalue weighted by atomic mass is 10.1. The van der Waals surface area contributed by atoms with E-state index in [1.54, 1.807) is 12.1 Å². The first kappa shape index (κ1) is 10.0. The van der Waals surface area contributed by atoms with Gasteiger partial charge in [0.25, 0.3) is 0 Å². The Balaban J connectivity index is 2.35. The molecular formula is C12H15NO2. The molecule has 0 bridgehead atoms. The van der Waals surface area contributed by atoms with Crippen LogP contribution in [0.3, 0.4) is 0 Å². The summed E-state index contributed by atoms with van der Waals surface area (Å²) in [5.74, 6) is -0.851. The van der Waals surface area contributed by atoms with Gasteiger partial charge in [0, 0.05) is 18.8 Å².